The highest BCUT2D eigenvalue weighted by molar-refractivity contribution is 8.16. The highest BCUT2D eigenvalue weighted by Gasteiger charge is 2.42. The van der Waals surface area contributed by atoms with Crippen LogP contribution in [0, 0.1) is 0 Å². The standard InChI is InChI=1S/C31H29N3O3S/c1-3-37-30(36)27-28(23-15-9-5-10-16-23)32-31-34(29(27)24-17-11-6-12-18-24)25(21-38-31)19-26(35)33(2)20-22-13-7-4-8-14-22/h4-18,21,29H,3,19-20H2,1-2H3. The molecule has 192 valence electrons. The van der Waals surface area contributed by atoms with E-state index in [0.29, 0.717) is 17.8 Å². The SMILES string of the molecule is CCOC(=O)C1=C(c2ccccc2)N=C2SC=C(CC(=O)N(C)Cc3ccccc3)N2C1c1ccccc1. The Labute approximate surface area is 227 Å². The Hall–Kier alpha value is -4.10. The van der Waals surface area contributed by atoms with Gasteiger partial charge in [0.2, 0.25) is 5.91 Å². The second-order valence-corrected chi connectivity index (χ2v) is 9.90. The minimum Gasteiger partial charge on any atom is -0.463 e. The highest BCUT2D eigenvalue weighted by atomic mass is 32.2. The van der Waals surface area contributed by atoms with Gasteiger partial charge in [-0.2, -0.15) is 0 Å². The van der Waals surface area contributed by atoms with Crippen molar-refractivity contribution in [3.05, 3.63) is 124 Å². The Morgan fingerprint density at radius 3 is 2.24 bits per heavy atom. The predicted molar refractivity (Wildman–Crippen MR) is 152 cm³/mol. The summed E-state index contributed by atoms with van der Waals surface area (Å²) in [5, 5.41) is 2.71. The number of amidine groups is 1. The molecule has 1 atom stereocenters. The van der Waals surface area contributed by atoms with E-state index in [4.69, 9.17) is 9.73 Å². The maximum Gasteiger partial charge on any atom is 0.338 e. The molecule has 0 aromatic heterocycles. The molecule has 0 saturated carbocycles. The van der Waals surface area contributed by atoms with Crippen LogP contribution in [0.5, 0.6) is 0 Å². The molecule has 0 N–H and O–H groups in total. The van der Waals surface area contributed by atoms with Gasteiger partial charge < -0.3 is 14.5 Å². The molecule has 7 heteroatoms. The number of benzene rings is 3. The lowest BCUT2D eigenvalue weighted by atomic mass is 9.91. The van der Waals surface area contributed by atoms with Crippen molar-refractivity contribution in [2.24, 2.45) is 4.99 Å². The zero-order valence-electron chi connectivity index (χ0n) is 21.4. The fraction of sp³-hybridized carbons (Fsp3) is 0.194. The van der Waals surface area contributed by atoms with Crippen molar-refractivity contribution in [2.75, 3.05) is 13.7 Å². The van der Waals surface area contributed by atoms with Gasteiger partial charge in [0.05, 0.1) is 30.3 Å². The average molecular weight is 524 g/mol. The van der Waals surface area contributed by atoms with E-state index in [1.165, 1.54) is 11.8 Å². The zero-order valence-corrected chi connectivity index (χ0v) is 22.2. The third-order valence-electron chi connectivity index (χ3n) is 6.49. The summed E-state index contributed by atoms with van der Waals surface area (Å²) >= 11 is 1.47. The van der Waals surface area contributed by atoms with Crippen molar-refractivity contribution in [3.8, 4) is 0 Å². The van der Waals surface area contributed by atoms with E-state index in [2.05, 4.69) is 0 Å². The van der Waals surface area contributed by atoms with Gasteiger partial charge in [0.1, 0.15) is 0 Å². The molecule has 2 heterocycles. The second kappa shape index (κ2) is 11.5. The van der Waals surface area contributed by atoms with Crippen molar-refractivity contribution in [1.82, 2.24) is 9.80 Å². The minimum absolute atomic E-state index is 0.00992. The van der Waals surface area contributed by atoms with E-state index in [0.717, 1.165) is 27.6 Å². The maximum atomic E-state index is 13.5. The van der Waals surface area contributed by atoms with Crippen LogP contribution in [0.3, 0.4) is 0 Å². The van der Waals surface area contributed by atoms with Crippen LogP contribution >= 0.6 is 11.8 Å². The Balaban J connectivity index is 1.52. The number of thioether (sulfide) groups is 1. The number of carbonyl (C=O) groups is 2. The van der Waals surface area contributed by atoms with Crippen molar-refractivity contribution < 1.29 is 14.3 Å². The molecule has 0 saturated heterocycles. The minimum atomic E-state index is -0.480. The normalized spacial score (nSPS) is 16.5. The summed E-state index contributed by atoms with van der Waals surface area (Å²) in [6.07, 6.45) is 0.190. The molecule has 5 rings (SSSR count). The van der Waals surface area contributed by atoms with E-state index >= 15 is 0 Å². The Morgan fingerprint density at radius 1 is 0.947 bits per heavy atom. The monoisotopic (exact) mass is 523 g/mol. The fourth-order valence-corrected chi connectivity index (χ4v) is 5.59. The average Bonchev–Trinajstić information content (AvgIpc) is 3.35. The van der Waals surface area contributed by atoms with Gasteiger partial charge in [-0.1, -0.05) is 103 Å². The van der Waals surface area contributed by atoms with Crippen molar-refractivity contribution in [2.45, 2.75) is 25.9 Å². The van der Waals surface area contributed by atoms with Gasteiger partial charge >= 0.3 is 5.97 Å². The van der Waals surface area contributed by atoms with Gasteiger partial charge in [-0.15, -0.1) is 0 Å². The smallest absolute Gasteiger partial charge is 0.338 e. The first-order valence-electron chi connectivity index (χ1n) is 12.6. The third kappa shape index (κ3) is 5.29. The van der Waals surface area contributed by atoms with Gasteiger partial charge in [-0.05, 0) is 23.5 Å². The molecule has 3 aromatic carbocycles. The molecule has 2 aliphatic heterocycles. The van der Waals surface area contributed by atoms with Crippen LogP contribution in [0.1, 0.15) is 36.1 Å². The topological polar surface area (TPSA) is 62.2 Å². The number of hydrogen-bond acceptors (Lipinski definition) is 6. The molecule has 1 amide bonds. The van der Waals surface area contributed by atoms with Crippen LogP contribution in [-0.2, 0) is 20.9 Å². The molecule has 6 nitrogen and oxygen atoms in total. The number of fused-ring (bicyclic) bond motifs is 1. The second-order valence-electron chi connectivity index (χ2n) is 9.07. The highest BCUT2D eigenvalue weighted by Crippen LogP contribution is 2.47. The van der Waals surface area contributed by atoms with Gasteiger partial charge in [0, 0.05) is 24.9 Å². The maximum absolute atomic E-state index is 13.5. The van der Waals surface area contributed by atoms with Crippen molar-refractivity contribution in [1.29, 1.82) is 0 Å². The number of aliphatic imine (C=N–C) groups is 1. The largest absolute Gasteiger partial charge is 0.463 e. The number of nitrogens with zero attached hydrogens (tertiary/aromatic N) is 3. The molecule has 0 bridgehead atoms. The van der Waals surface area contributed by atoms with Crippen LogP contribution in [-0.4, -0.2) is 40.5 Å². The number of esters is 1. The first kappa shape index (κ1) is 25.5. The van der Waals surface area contributed by atoms with Gasteiger partial charge in [-0.3, -0.25) is 4.79 Å². The molecular weight excluding hydrogens is 494 g/mol. The van der Waals surface area contributed by atoms with Crippen LogP contribution < -0.4 is 0 Å². The van der Waals surface area contributed by atoms with E-state index in [1.54, 1.807) is 11.8 Å². The van der Waals surface area contributed by atoms with E-state index in [9.17, 15) is 9.59 Å². The van der Waals surface area contributed by atoms with Crippen molar-refractivity contribution >= 4 is 34.5 Å². The molecule has 0 aliphatic carbocycles. The third-order valence-corrected chi connectivity index (χ3v) is 7.38. The van der Waals surface area contributed by atoms with Gasteiger partial charge in [0.15, 0.2) is 5.17 Å². The number of ether oxygens (including phenoxy) is 1. The summed E-state index contributed by atoms with van der Waals surface area (Å²) in [6, 6.07) is 29.0. The Kier molecular flexibility index (Phi) is 7.75. The lowest BCUT2D eigenvalue weighted by Crippen LogP contribution is -2.38. The van der Waals surface area contributed by atoms with Gasteiger partial charge in [-0.25, -0.2) is 9.79 Å². The Morgan fingerprint density at radius 2 is 1.58 bits per heavy atom. The quantitative estimate of drug-likeness (QED) is 0.339. The molecule has 0 radical (unpaired) electrons. The number of carbonyl (C=O) groups excluding carboxylic acids is 2. The molecule has 1 unspecified atom stereocenters. The molecule has 3 aromatic rings. The summed E-state index contributed by atoms with van der Waals surface area (Å²) in [7, 11) is 1.81. The van der Waals surface area contributed by atoms with Crippen molar-refractivity contribution in [3.63, 3.8) is 0 Å². The molecule has 0 spiro atoms. The summed E-state index contributed by atoms with van der Waals surface area (Å²) in [5.41, 5.74) is 4.71. The van der Waals surface area contributed by atoms with E-state index in [-0.39, 0.29) is 18.9 Å². The summed E-state index contributed by atoms with van der Waals surface area (Å²) < 4.78 is 5.56. The predicted octanol–water partition coefficient (Wildman–Crippen LogP) is 6.01. The molecule has 38 heavy (non-hydrogen) atoms. The summed E-state index contributed by atoms with van der Waals surface area (Å²) in [4.78, 5) is 35.6. The first-order valence-corrected chi connectivity index (χ1v) is 13.5. The van der Waals surface area contributed by atoms with Crippen LogP contribution in [0.4, 0.5) is 0 Å². The van der Waals surface area contributed by atoms with Crippen LogP contribution in [0.25, 0.3) is 5.70 Å². The molecule has 2 aliphatic rings. The van der Waals surface area contributed by atoms with Crippen LogP contribution in [0.2, 0.25) is 0 Å². The lowest BCUT2D eigenvalue weighted by Gasteiger charge is -2.37. The van der Waals surface area contributed by atoms with E-state index < -0.39 is 12.0 Å². The fourth-order valence-electron chi connectivity index (χ4n) is 4.67. The summed E-state index contributed by atoms with van der Waals surface area (Å²) in [6.45, 7) is 2.58. The Bertz CT molecular complexity index is 1400. The molecule has 0 fully saturated rings. The lowest BCUT2D eigenvalue weighted by molar-refractivity contribution is -0.139. The number of hydrogen-bond donors (Lipinski definition) is 0. The first-order chi connectivity index (χ1) is 18.6. The number of rotatable bonds is 8. The molecular formula is C31H29N3O3S. The summed E-state index contributed by atoms with van der Waals surface area (Å²) in [5.74, 6) is -0.420. The van der Waals surface area contributed by atoms with E-state index in [1.807, 2.05) is 108 Å². The van der Waals surface area contributed by atoms with Crippen LogP contribution in [0.15, 0.2) is 113 Å². The number of amides is 1. The zero-order chi connectivity index (χ0) is 26.5. The van der Waals surface area contributed by atoms with Gasteiger partial charge in [0.25, 0.3) is 0 Å².